The monoisotopic (exact) mass is 276 g/mol. The molecule has 2 fully saturated rings. The van der Waals surface area contributed by atoms with Crippen LogP contribution in [0.25, 0.3) is 0 Å². The lowest BCUT2D eigenvalue weighted by Gasteiger charge is -2.33. The highest BCUT2D eigenvalue weighted by Gasteiger charge is 2.17. The van der Waals surface area contributed by atoms with E-state index in [1.165, 1.54) is 0 Å². The molecule has 1 aromatic heterocycles. The Kier molecular flexibility index (Phi) is 4.38. The van der Waals surface area contributed by atoms with Crippen LogP contribution in [0, 0.1) is 0 Å². The van der Waals surface area contributed by atoms with Crippen molar-refractivity contribution in [3.63, 3.8) is 0 Å². The lowest BCUT2D eigenvalue weighted by Crippen LogP contribution is -2.44. The smallest absolute Gasteiger partial charge is 0.131 e. The molecular formula is C15H24N4O. The van der Waals surface area contributed by atoms with E-state index in [9.17, 15) is 0 Å². The van der Waals surface area contributed by atoms with Crippen LogP contribution >= 0.6 is 0 Å². The molecule has 0 radical (unpaired) electrons. The Hall–Kier alpha value is -1.33. The van der Waals surface area contributed by atoms with Crippen LogP contribution in [0.4, 0.5) is 11.6 Å². The fourth-order valence-electron chi connectivity index (χ4n) is 2.77. The Morgan fingerprint density at radius 3 is 2.65 bits per heavy atom. The van der Waals surface area contributed by atoms with Gasteiger partial charge < -0.3 is 19.9 Å². The zero-order chi connectivity index (χ0) is 13.8. The van der Waals surface area contributed by atoms with E-state index in [2.05, 4.69) is 40.4 Å². The maximum Gasteiger partial charge on any atom is 0.131 e. The van der Waals surface area contributed by atoms with Crippen LogP contribution in [0.2, 0.25) is 0 Å². The third-order valence-electron chi connectivity index (χ3n) is 4.13. The molecule has 2 aliphatic rings. The average Bonchev–Trinajstić information content (AvgIpc) is 2.49. The molecule has 3 rings (SSSR count). The number of rotatable bonds is 3. The van der Waals surface area contributed by atoms with Crippen LogP contribution < -0.4 is 10.2 Å². The molecule has 0 amide bonds. The maximum absolute atomic E-state index is 5.39. The Morgan fingerprint density at radius 2 is 1.90 bits per heavy atom. The van der Waals surface area contributed by atoms with Gasteiger partial charge in [-0.1, -0.05) is 6.07 Å². The largest absolute Gasteiger partial charge is 0.381 e. The van der Waals surface area contributed by atoms with Gasteiger partial charge in [0, 0.05) is 45.4 Å². The highest BCUT2D eigenvalue weighted by molar-refractivity contribution is 5.47. The lowest BCUT2D eigenvalue weighted by atomic mass is 10.1. The van der Waals surface area contributed by atoms with Gasteiger partial charge in [-0.3, -0.25) is 0 Å². The first-order valence-electron chi connectivity index (χ1n) is 7.56. The van der Waals surface area contributed by atoms with Crippen molar-refractivity contribution in [3.05, 3.63) is 18.2 Å². The number of aromatic nitrogens is 1. The molecule has 0 aliphatic carbocycles. The second-order valence-corrected chi connectivity index (χ2v) is 5.70. The first-order chi connectivity index (χ1) is 9.81. The molecule has 5 nitrogen and oxygen atoms in total. The molecule has 0 spiro atoms. The van der Waals surface area contributed by atoms with Gasteiger partial charge in [0.25, 0.3) is 0 Å². The lowest BCUT2D eigenvalue weighted by molar-refractivity contribution is 0.0904. The molecule has 0 unspecified atom stereocenters. The first-order valence-corrected chi connectivity index (χ1v) is 7.56. The zero-order valence-electron chi connectivity index (χ0n) is 12.2. The molecule has 2 saturated heterocycles. The van der Waals surface area contributed by atoms with Crippen molar-refractivity contribution in [3.8, 4) is 0 Å². The SMILES string of the molecule is CN1CCN(c2cccc(NC3CCOCC3)n2)CC1. The number of pyridine rings is 1. The normalized spacial score (nSPS) is 21.9. The second-order valence-electron chi connectivity index (χ2n) is 5.70. The van der Waals surface area contributed by atoms with Crippen molar-refractivity contribution < 1.29 is 4.74 Å². The fraction of sp³-hybridized carbons (Fsp3) is 0.667. The summed E-state index contributed by atoms with van der Waals surface area (Å²) in [6.45, 7) is 6.05. The van der Waals surface area contributed by atoms with Gasteiger partial charge >= 0.3 is 0 Å². The minimum Gasteiger partial charge on any atom is -0.381 e. The van der Waals surface area contributed by atoms with Gasteiger partial charge in [-0.15, -0.1) is 0 Å². The summed E-state index contributed by atoms with van der Waals surface area (Å²) in [6.07, 6.45) is 2.14. The third kappa shape index (κ3) is 3.41. The van der Waals surface area contributed by atoms with Crippen LogP contribution in [0.15, 0.2) is 18.2 Å². The van der Waals surface area contributed by atoms with E-state index in [0.29, 0.717) is 6.04 Å². The van der Waals surface area contributed by atoms with Gasteiger partial charge in [-0.05, 0) is 32.0 Å². The molecule has 3 heterocycles. The van der Waals surface area contributed by atoms with Crippen LogP contribution in [0.1, 0.15) is 12.8 Å². The molecule has 0 bridgehead atoms. The van der Waals surface area contributed by atoms with E-state index >= 15 is 0 Å². The average molecular weight is 276 g/mol. The van der Waals surface area contributed by atoms with Crippen LogP contribution in [0.5, 0.6) is 0 Å². The number of nitrogens with zero attached hydrogens (tertiary/aromatic N) is 3. The zero-order valence-corrected chi connectivity index (χ0v) is 12.2. The van der Waals surface area contributed by atoms with Gasteiger partial charge in [0.05, 0.1) is 0 Å². The maximum atomic E-state index is 5.39. The standard InChI is InChI=1S/C15H24N4O/c1-18-7-9-19(10-8-18)15-4-2-3-14(17-15)16-13-5-11-20-12-6-13/h2-4,13H,5-12H2,1H3,(H,16,17). The van der Waals surface area contributed by atoms with Crippen LogP contribution in [-0.2, 0) is 4.74 Å². The van der Waals surface area contributed by atoms with Gasteiger partial charge in [0.1, 0.15) is 11.6 Å². The Labute approximate surface area is 120 Å². The van der Waals surface area contributed by atoms with E-state index in [1.54, 1.807) is 0 Å². The van der Waals surface area contributed by atoms with Gasteiger partial charge in [-0.2, -0.15) is 0 Å². The molecule has 5 heteroatoms. The Morgan fingerprint density at radius 1 is 1.15 bits per heavy atom. The van der Waals surface area contributed by atoms with Gasteiger partial charge in [-0.25, -0.2) is 4.98 Å². The molecule has 1 aromatic rings. The van der Waals surface area contributed by atoms with E-state index in [-0.39, 0.29) is 0 Å². The summed E-state index contributed by atoms with van der Waals surface area (Å²) in [5.74, 6) is 2.09. The quantitative estimate of drug-likeness (QED) is 0.904. The summed E-state index contributed by atoms with van der Waals surface area (Å²) < 4.78 is 5.39. The number of likely N-dealkylation sites (N-methyl/N-ethyl adjacent to an activating group) is 1. The van der Waals surface area contributed by atoms with Gasteiger partial charge in [0.15, 0.2) is 0 Å². The Balaban J connectivity index is 1.63. The second kappa shape index (κ2) is 6.41. The Bertz CT molecular complexity index is 426. The van der Waals surface area contributed by atoms with E-state index in [1.807, 2.05) is 0 Å². The number of anilines is 2. The highest BCUT2D eigenvalue weighted by atomic mass is 16.5. The molecule has 20 heavy (non-hydrogen) atoms. The fourth-order valence-corrected chi connectivity index (χ4v) is 2.77. The van der Waals surface area contributed by atoms with E-state index in [4.69, 9.17) is 9.72 Å². The van der Waals surface area contributed by atoms with Crippen molar-refractivity contribution in [2.75, 3.05) is 56.7 Å². The predicted molar refractivity (Wildman–Crippen MR) is 81.4 cm³/mol. The number of hydrogen-bond acceptors (Lipinski definition) is 5. The van der Waals surface area contributed by atoms with Crippen molar-refractivity contribution >= 4 is 11.6 Å². The molecule has 1 N–H and O–H groups in total. The summed E-state index contributed by atoms with van der Waals surface area (Å²) >= 11 is 0. The van der Waals surface area contributed by atoms with E-state index < -0.39 is 0 Å². The van der Waals surface area contributed by atoms with Crippen LogP contribution in [0.3, 0.4) is 0 Å². The van der Waals surface area contributed by atoms with Crippen molar-refractivity contribution in [1.29, 1.82) is 0 Å². The molecule has 0 saturated carbocycles. The first kappa shape index (κ1) is 13.6. The molecular weight excluding hydrogens is 252 g/mol. The summed E-state index contributed by atoms with van der Waals surface area (Å²) in [5.41, 5.74) is 0. The molecule has 2 aliphatic heterocycles. The van der Waals surface area contributed by atoms with E-state index in [0.717, 1.165) is 63.9 Å². The predicted octanol–water partition coefficient (Wildman–Crippen LogP) is 1.42. The third-order valence-corrected chi connectivity index (χ3v) is 4.13. The number of ether oxygens (including phenoxy) is 1. The number of piperazine rings is 1. The highest BCUT2D eigenvalue weighted by Crippen LogP contribution is 2.18. The topological polar surface area (TPSA) is 40.6 Å². The van der Waals surface area contributed by atoms with Crippen LogP contribution in [-0.4, -0.2) is 62.4 Å². The number of nitrogens with one attached hydrogen (secondary N) is 1. The van der Waals surface area contributed by atoms with Crippen molar-refractivity contribution in [2.45, 2.75) is 18.9 Å². The minimum absolute atomic E-state index is 0.499. The minimum atomic E-state index is 0.499. The molecule has 0 aromatic carbocycles. The molecule has 0 atom stereocenters. The van der Waals surface area contributed by atoms with Crippen molar-refractivity contribution in [1.82, 2.24) is 9.88 Å². The van der Waals surface area contributed by atoms with Crippen molar-refractivity contribution in [2.24, 2.45) is 0 Å². The summed E-state index contributed by atoms with van der Waals surface area (Å²) in [6, 6.07) is 6.77. The summed E-state index contributed by atoms with van der Waals surface area (Å²) in [7, 11) is 2.17. The summed E-state index contributed by atoms with van der Waals surface area (Å²) in [4.78, 5) is 9.50. The molecule has 110 valence electrons. The van der Waals surface area contributed by atoms with Gasteiger partial charge in [0.2, 0.25) is 0 Å². The number of hydrogen-bond donors (Lipinski definition) is 1. The summed E-state index contributed by atoms with van der Waals surface area (Å²) in [5, 5.41) is 3.54.